The van der Waals surface area contributed by atoms with Crippen LogP contribution in [0.3, 0.4) is 0 Å². The molecule has 0 nitrogen and oxygen atoms in total. The number of halogens is 7. The summed E-state index contributed by atoms with van der Waals surface area (Å²) in [5.41, 5.74) is 0. The first kappa shape index (κ1) is 13.2. The van der Waals surface area contributed by atoms with Gasteiger partial charge in [0.15, 0.2) is 28.0 Å². The van der Waals surface area contributed by atoms with Crippen LogP contribution in [0.1, 0.15) is 0 Å². The zero-order chi connectivity index (χ0) is 12.0. The Hall–Kier alpha value is 0.1000. The maximum Gasteiger partial charge on any atom is 0.200 e. The van der Waals surface area contributed by atoms with Crippen molar-refractivity contribution in [1.82, 2.24) is 0 Å². The van der Waals surface area contributed by atoms with E-state index in [1.165, 1.54) is 0 Å². The van der Waals surface area contributed by atoms with Crippen molar-refractivity contribution < 1.29 is 22.0 Å². The van der Waals surface area contributed by atoms with Crippen LogP contribution < -0.4 is 5.30 Å². The second-order valence-electron chi connectivity index (χ2n) is 2.38. The largest absolute Gasteiger partial charge is 0.203 e. The van der Waals surface area contributed by atoms with Crippen LogP contribution in [-0.2, 0) is 11.8 Å². The molecule has 15 heavy (non-hydrogen) atoms. The third-order valence-electron chi connectivity index (χ3n) is 1.45. The van der Waals surface area contributed by atoms with E-state index in [4.69, 9.17) is 22.5 Å². The highest BCUT2D eigenvalue weighted by Gasteiger charge is 2.32. The molecule has 0 radical (unpaired) electrons. The molecule has 0 aliphatic carbocycles. The Balaban J connectivity index is 3.76. The van der Waals surface area contributed by atoms with E-state index in [1.807, 2.05) is 0 Å². The summed E-state index contributed by atoms with van der Waals surface area (Å²) in [6.07, 6.45) is 0. The van der Waals surface area contributed by atoms with Gasteiger partial charge in [0, 0.05) is 0 Å². The van der Waals surface area contributed by atoms with Gasteiger partial charge in [-0.05, 0) is 0 Å². The molecular formula is C6Cl2F5PS. The van der Waals surface area contributed by atoms with Gasteiger partial charge in [0.05, 0.1) is 5.30 Å². The Labute approximate surface area is 95.6 Å². The van der Waals surface area contributed by atoms with E-state index >= 15 is 0 Å². The summed E-state index contributed by atoms with van der Waals surface area (Å²) >= 11 is 14.7. The van der Waals surface area contributed by atoms with Gasteiger partial charge in [0.2, 0.25) is 5.82 Å². The Morgan fingerprint density at radius 3 is 1.27 bits per heavy atom. The molecule has 84 valence electrons. The lowest BCUT2D eigenvalue weighted by Gasteiger charge is -2.10. The second-order valence-corrected chi connectivity index (χ2v) is 10.2. The van der Waals surface area contributed by atoms with Crippen LogP contribution in [0.4, 0.5) is 22.0 Å². The fourth-order valence-electron chi connectivity index (χ4n) is 0.822. The number of rotatable bonds is 1. The molecule has 9 heteroatoms. The van der Waals surface area contributed by atoms with E-state index in [-0.39, 0.29) is 0 Å². The predicted molar refractivity (Wildman–Crippen MR) is 51.9 cm³/mol. The van der Waals surface area contributed by atoms with Crippen LogP contribution in [0.25, 0.3) is 0 Å². The molecule has 0 heterocycles. The Kier molecular flexibility index (Phi) is 3.66. The monoisotopic (exact) mass is 300 g/mol. The van der Waals surface area contributed by atoms with E-state index in [9.17, 15) is 22.0 Å². The van der Waals surface area contributed by atoms with Crippen molar-refractivity contribution in [1.29, 1.82) is 0 Å². The molecular weight excluding hydrogens is 301 g/mol. The molecule has 0 aliphatic heterocycles. The Morgan fingerprint density at radius 1 is 0.733 bits per heavy atom. The summed E-state index contributed by atoms with van der Waals surface area (Å²) in [5, 5.41) is -1.34. The van der Waals surface area contributed by atoms with Gasteiger partial charge in [-0.3, -0.25) is 0 Å². The van der Waals surface area contributed by atoms with Gasteiger partial charge in [0.1, 0.15) is 0 Å². The fraction of sp³-hybridized carbons (Fsp3) is 0. The number of benzene rings is 1. The van der Waals surface area contributed by atoms with Gasteiger partial charge in [-0.25, -0.2) is 22.0 Å². The standard InChI is InChI=1S/C6Cl2F5PS/c7-14(8,15)6-4(12)2(10)1(9)3(11)5(6)13. The zero-order valence-corrected chi connectivity index (χ0v) is 9.72. The molecule has 1 rings (SSSR count). The summed E-state index contributed by atoms with van der Waals surface area (Å²) in [7, 11) is 0. The van der Waals surface area contributed by atoms with Gasteiger partial charge in [-0.2, -0.15) is 0 Å². The minimum absolute atomic E-state index is 1.34. The smallest absolute Gasteiger partial charge is 0.200 e. The van der Waals surface area contributed by atoms with Crippen molar-refractivity contribution in [3.63, 3.8) is 0 Å². The minimum atomic E-state index is -3.79. The zero-order valence-electron chi connectivity index (χ0n) is 6.50. The van der Waals surface area contributed by atoms with Crippen LogP contribution in [0, 0.1) is 29.1 Å². The summed E-state index contributed by atoms with van der Waals surface area (Å²) in [6.45, 7) is 0. The minimum Gasteiger partial charge on any atom is -0.203 e. The van der Waals surface area contributed by atoms with Crippen LogP contribution in [0.2, 0.25) is 0 Å². The molecule has 0 fully saturated rings. The number of hydrogen-bond donors (Lipinski definition) is 0. The van der Waals surface area contributed by atoms with Gasteiger partial charge in [-0.15, -0.1) is 0 Å². The lowest BCUT2D eigenvalue weighted by molar-refractivity contribution is 0.384. The summed E-state index contributed by atoms with van der Waals surface area (Å²) in [5.74, 6) is -10.7. The van der Waals surface area contributed by atoms with Crippen molar-refractivity contribution in [2.75, 3.05) is 0 Å². The molecule has 0 aliphatic rings. The molecule has 1 aromatic carbocycles. The summed E-state index contributed by atoms with van der Waals surface area (Å²) in [4.78, 5) is 0. The quantitative estimate of drug-likeness (QED) is 0.329. The third kappa shape index (κ3) is 2.28. The normalized spacial score (nSPS) is 11.9. The van der Waals surface area contributed by atoms with Crippen molar-refractivity contribution in [2.24, 2.45) is 0 Å². The van der Waals surface area contributed by atoms with E-state index in [0.29, 0.717) is 0 Å². The molecule has 0 atom stereocenters. The van der Waals surface area contributed by atoms with Gasteiger partial charge in [0.25, 0.3) is 0 Å². The van der Waals surface area contributed by atoms with Crippen LogP contribution in [-0.4, -0.2) is 0 Å². The molecule has 0 amide bonds. The molecule has 0 aromatic heterocycles. The van der Waals surface area contributed by atoms with Crippen LogP contribution >= 0.6 is 27.2 Å². The molecule has 1 aromatic rings. The second kappa shape index (κ2) is 4.17. The topological polar surface area (TPSA) is 0 Å². The summed E-state index contributed by atoms with van der Waals surface area (Å²) < 4.78 is 60.0. The van der Waals surface area contributed by atoms with E-state index < -0.39 is 39.1 Å². The first-order valence-electron chi connectivity index (χ1n) is 3.19. The Bertz CT molecular complexity index is 442. The maximum atomic E-state index is 13.0. The third-order valence-corrected chi connectivity index (χ3v) is 3.92. The van der Waals surface area contributed by atoms with Gasteiger partial charge >= 0.3 is 0 Å². The van der Waals surface area contributed by atoms with E-state index in [0.717, 1.165) is 0 Å². The highest BCUT2D eigenvalue weighted by molar-refractivity contribution is 8.42. The molecule has 0 unspecified atom stereocenters. The molecule has 0 spiro atoms. The fourth-order valence-corrected chi connectivity index (χ4v) is 2.85. The summed E-state index contributed by atoms with van der Waals surface area (Å²) in [6, 6.07) is 0. The van der Waals surface area contributed by atoms with Crippen molar-refractivity contribution in [2.45, 2.75) is 0 Å². The molecule has 0 saturated heterocycles. The predicted octanol–water partition coefficient (Wildman–Crippen LogP) is 3.79. The first-order valence-corrected chi connectivity index (χ1v) is 7.80. The van der Waals surface area contributed by atoms with Crippen LogP contribution in [0.5, 0.6) is 0 Å². The SMILES string of the molecule is Fc1c(F)c(F)c(P(=S)(Cl)Cl)c(F)c1F. The average Bonchev–Trinajstić information content (AvgIpc) is 2.09. The highest BCUT2D eigenvalue weighted by atomic mass is 35.9. The lowest BCUT2D eigenvalue weighted by atomic mass is 10.3. The van der Waals surface area contributed by atoms with Gasteiger partial charge < -0.3 is 0 Å². The van der Waals surface area contributed by atoms with E-state index in [1.54, 1.807) is 0 Å². The van der Waals surface area contributed by atoms with Crippen molar-refractivity contribution >= 4 is 44.3 Å². The highest BCUT2D eigenvalue weighted by Crippen LogP contribution is 2.57. The molecule has 0 N–H and O–H groups in total. The number of hydrogen-bond acceptors (Lipinski definition) is 1. The first-order chi connectivity index (χ1) is 6.68. The lowest BCUT2D eigenvalue weighted by Crippen LogP contribution is -2.17. The van der Waals surface area contributed by atoms with Crippen molar-refractivity contribution in [3.05, 3.63) is 29.1 Å². The van der Waals surface area contributed by atoms with E-state index in [2.05, 4.69) is 11.8 Å². The van der Waals surface area contributed by atoms with Gasteiger partial charge in [-0.1, -0.05) is 34.3 Å². The Morgan fingerprint density at radius 2 is 1.00 bits per heavy atom. The maximum absolute atomic E-state index is 13.0. The average molecular weight is 301 g/mol. The van der Waals surface area contributed by atoms with Crippen LogP contribution in [0.15, 0.2) is 0 Å². The van der Waals surface area contributed by atoms with Crippen molar-refractivity contribution in [3.8, 4) is 0 Å². The molecule has 0 bridgehead atoms. The molecule has 0 saturated carbocycles.